The Bertz CT molecular complexity index is 1020. The minimum Gasteiger partial charge on any atom is -0.493 e. The number of ether oxygens (including phenoxy) is 2. The normalized spacial score (nSPS) is 12.8. The zero-order valence-corrected chi connectivity index (χ0v) is 16.5. The van der Waals surface area contributed by atoms with E-state index < -0.39 is 0 Å². The summed E-state index contributed by atoms with van der Waals surface area (Å²) >= 11 is 0. The van der Waals surface area contributed by atoms with Gasteiger partial charge in [-0.15, -0.1) is 0 Å². The number of anilines is 2. The largest absolute Gasteiger partial charge is 0.493 e. The van der Waals surface area contributed by atoms with Crippen molar-refractivity contribution in [1.82, 2.24) is 4.98 Å². The third kappa shape index (κ3) is 4.01. The van der Waals surface area contributed by atoms with Crippen LogP contribution in [0.25, 0.3) is 0 Å². The van der Waals surface area contributed by atoms with Crippen LogP contribution in [-0.2, 0) is 13.0 Å². The zero-order chi connectivity index (χ0) is 20.2. The Labute approximate surface area is 170 Å². The van der Waals surface area contributed by atoms with Crippen molar-refractivity contribution in [3.05, 3.63) is 77.5 Å². The lowest BCUT2D eigenvalue weighted by Crippen LogP contribution is -2.30. The van der Waals surface area contributed by atoms with Crippen LogP contribution in [-0.4, -0.2) is 31.7 Å². The van der Waals surface area contributed by atoms with Gasteiger partial charge in [0, 0.05) is 18.7 Å². The van der Waals surface area contributed by atoms with E-state index in [0.717, 1.165) is 25.2 Å². The first-order valence-corrected chi connectivity index (χ1v) is 9.49. The number of hydrogen-bond acceptors (Lipinski definition) is 5. The van der Waals surface area contributed by atoms with Gasteiger partial charge in [-0.25, -0.2) is 4.98 Å². The fourth-order valence-electron chi connectivity index (χ4n) is 3.53. The van der Waals surface area contributed by atoms with Crippen molar-refractivity contribution in [3.8, 4) is 11.5 Å². The van der Waals surface area contributed by atoms with E-state index in [-0.39, 0.29) is 5.91 Å². The summed E-state index contributed by atoms with van der Waals surface area (Å²) in [6.07, 6.45) is 2.83. The van der Waals surface area contributed by atoms with Crippen LogP contribution in [0.3, 0.4) is 0 Å². The van der Waals surface area contributed by atoms with Gasteiger partial charge in [-0.1, -0.05) is 24.3 Å². The molecular formula is C23H23N3O3. The highest BCUT2D eigenvalue weighted by atomic mass is 16.5. The molecule has 1 aliphatic heterocycles. The number of aromatic nitrogens is 1. The summed E-state index contributed by atoms with van der Waals surface area (Å²) < 4.78 is 10.5. The lowest BCUT2D eigenvalue weighted by atomic mass is 10.00. The quantitative estimate of drug-likeness (QED) is 0.717. The van der Waals surface area contributed by atoms with Gasteiger partial charge in [0.25, 0.3) is 5.91 Å². The Morgan fingerprint density at radius 3 is 2.52 bits per heavy atom. The van der Waals surface area contributed by atoms with Gasteiger partial charge in [0.1, 0.15) is 5.82 Å². The van der Waals surface area contributed by atoms with Crippen molar-refractivity contribution in [2.45, 2.75) is 13.0 Å². The number of benzene rings is 2. The van der Waals surface area contributed by atoms with Crippen LogP contribution in [0, 0.1) is 0 Å². The molecule has 6 heteroatoms. The predicted molar refractivity (Wildman–Crippen MR) is 113 cm³/mol. The number of amides is 1. The van der Waals surface area contributed by atoms with E-state index in [1.54, 1.807) is 38.6 Å². The average Bonchev–Trinajstić information content (AvgIpc) is 2.78. The molecule has 0 unspecified atom stereocenters. The SMILES string of the molecule is COc1ccc(C(=O)Nc2ccc(N3CCc4ccccc4C3)cn2)cc1OC. The third-order valence-electron chi connectivity index (χ3n) is 5.13. The Hall–Kier alpha value is -3.54. The van der Waals surface area contributed by atoms with E-state index in [1.807, 2.05) is 12.1 Å². The number of methoxy groups -OCH3 is 2. The molecule has 0 atom stereocenters. The van der Waals surface area contributed by atoms with Gasteiger partial charge >= 0.3 is 0 Å². The Morgan fingerprint density at radius 1 is 1.00 bits per heavy atom. The molecule has 4 rings (SSSR count). The molecule has 29 heavy (non-hydrogen) atoms. The van der Waals surface area contributed by atoms with Crippen molar-refractivity contribution in [1.29, 1.82) is 0 Å². The molecule has 0 saturated carbocycles. The molecule has 0 spiro atoms. The van der Waals surface area contributed by atoms with Crippen LogP contribution in [0.2, 0.25) is 0 Å². The van der Waals surface area contributed by atoms with Crippen LogP contribution < -0.4 is 19.7 Å². The summed E-state index contributed by atoms with van der Waals surface area (Å²) in [4.78, 5) is 19.3. The van der Waals surface area contributed by atoms with Gasteiger partial charge in [0.05, 0.1) is 26.1 Å². The Morgan fingerprint density at radius 2 is 1.79 bits per heavy atom. The number of nitrogens with one attached hydrogen (secondary N) is 1. The molecule has 1 amide bonds. The van der Waals surface area contributed by atoms with Crippen molar-refractivity contribution in [3.63, 3.8) is 0 Å². The number of pyridine rings is 1. The molecule has 3 aromatic rings. The molecule has 0 saturated heterocycles. The highest BCUT2D eigenvalue weighted by molar-refractivity contribution is 6.04. The van der Waals surface area contributed by atoms with E-state index in [0.29, 0.717) is 22.9 Å². The maximum Gasteiger partial charge on any atom is 0.256 e. The number of nitrogens with zero attached hydrogens (tertiary/aromatic N) is 2. The van der Waals surface area contributed by atoms with Crippen molar-refractivity contribution in [2.75, 3.05) is 31.0 Å². The second-order valence-electron chi connectivity index (χ2n) is 6.87. The van der Waals surface area contributed by atoms with E-state index in [9.17, 15) is 4.79 Å². The minimum absolute atomic E-state index is 0.252. The summed E-state index contributed by atoms with van der Waals surface area (Å²) in [6.45, 7) is 1.82. The number of fused-ring (bicyclic) bond motifs is 1. The lowest BCUT2D eigenvalue weighted by Gasteiger charge is -2.30. The fourth-order valence-corrected chi connectivity index (χ4v) is 3.53. The van der Waals surface area contributed by atoms with Crippen LogP contribution in [0.4, 0.5) is 11.5 Å². The zero-order valence-electron chi connectivity index (χ0n) is 16.5. The summed E-state index contributed by atoms with van der Waals surface area (Å²) in [5.41, 5.74) is 4.28. The molecule has 1 aromatic heterocycles. The summed E-state index contributed by atoms with van der Waals surface area (Å²) in [6, 6.07) is 17.4. The van der Waals surface area contributed by atoms with Gasteiger partial charge in [0.15, 0.2) is 11.5 Å². The number of carbonyl (C=O) groups excluding carboxylic acids is 1. The first-order chi connectivity index (χ1) is 14.2. The number of hydrogen-bond donors (Lipinski definition) is 1. The van der Waals surface area contributed by atoms with E-state index in [4.69, 9.17) is 9.47 Å². The summed E-state index contributed by atoms with van der Waals surface area (Å²) in [7, 11) is 3.10. The molecule has 1 N–H and O–H groups in total. The molecule has 6 nitrogen and oxygen atoms in total. The number of carbonyl (C=O) groups is 1. The maximum absolute atomic E-state index is 12.5. The van der Waals surface area contributed by atoms with Gasteiger partial charge in [-0.05, 0) is 47.9 Å². The highest BCUT2D eigenvalue weighted by Gasteiger charge is 2.17. The van der Waals surface area contributed by atoms with Gasteiger partial charge in [-0.2, -0.15) is 0 Å². The molecule has 0 fully saturated rings. The van der Waals surface area contributed by atoms with E-state index in [1.165, 1.54) is 11.1 Å². The smallest absolute Gasteiger partial charge is 0.256 e. The van der Waals surface area contributed by atoms with Crippen LogP contribution >= 0.6 is 0 Å². The summed E-state index contributed by atoms with van der Waals surface area (Å²) in [5.74, 6) is 1.34. The first-order valence-electron chi connectivity index (χ1n) is 9.49. The second kappa shape index (κ2) is 8.22. The highest BCUT2D eigenvalue weighted by Crippen LogP contribution is 2.28. The van der Waals surface area contributed by atoms with Crippen LogP contribution in [0.5, 0.6) is 11.5 Å². The molecule has 2 heterocycles. The standard InChI is InChI=1S/C23H23N3O3/c1-28-20-9-7-17(13-21(20)29-2)23(27)25-22-10-8-19(14-24-22)26-12-11-16-5-3-4-6-18(16)15-26/h3-10,13-14H,11-12,15H2,1-2H3,(H,24,25,27). The monoisotopic (exact) mass is 389 g/mol. The van der Waals surface area contributed by atoms with Gasteiger partial charge < -0.3 is 19.7 Å². The molecule has 2 aromatic carbocycles. The maximum atomic E-state index is 12.5. The van der Waals surface area contributed by atoms with Crippen molar-refractivity contribution >= 4 is 17.4 Å². The second-order valence-corrected chi connectivity index (χ2v) is 6.87. The third-order valence-corrected chi connectivity index (χ3v) is 5.13. The van der Waals surface area contributed by atoms with E-state index >= 15 is 0 Å². The van der Waals surface area contributed by atoms with Crippen LogP contribution in [0.1, 0.15) is 21.5 Å². The molecule has 0 aliphatic carbocycles. The van der Waals surface area contributed by atoms with Crippen molar-refractivity contribution in [2.24, 2.45) is 0 Å². The average molecular weight is 389 g/mol. The van der Waals surface area contributed by atoms with Crippen LogP contribution in [0.15, 0.2) is 60.8 Å². The first kappa shape index (κ1) is 18.8. The molecule has 0 bridgehead atoms. The Balaban J connectivity index is 1.44. The fraction of sp³-hybridized carbons (Fsp3) is 0.217. The minimum atomic E-state index is -0.252. The topological polar surface area (TPSA) is 63.7 Å². The molecule has 0 radical (unpaired) electrons. The van der Waals surface area contributed by atoms with Gasteiger partial charge in [0.2, 0.25) is 0 Å². The Kier molecular flexibility index (Phi) is 5.33. The molecule has 148 valence electrons. The van der Waals surface area contributed by atoms with E-state index in [2.05, 4.69) is 39.5 Å². The van der Waals surface area contributed by atoms with Crippen molar-refractivity contribution < 1.29 is 14.3 Å². The molecular weight excluding hydrogens is 366 g/mol. The van der Waals surface area contributed by atoms with Gasteiger partial charge in [-0.3, -0.25) is 4.79 Å². The summed E-state index contributed by atoms with van der Waals surface area (Å²) in [5, 5.41) is 2.83. The number of rotatable bonds is 5. The predicted octanol–water partition coefficient (Wildman–Crippen LogP) is 3.91. The lowest BCUT2D eigenvalue weighted by molar-refractivity contribution is 0.102. The molecule has 1 aliphatic rings.